The summed E-state index contributed by atoms with van der Waals surface area (Å²) in [7, 11) is 0. The number of hydrogen-bond donors (Lipinski definition) is 3. The molecule has 3 N–H and O–H groups in total. The number of hydrogen-bond acceptors (Lipinski definition) is 4. The summed E-state index contributed by atoms with van der Waals surface area (Å²) < 4.78 is 0. The topological polar surface area (TPSA) is 86.5 Å². The normalized spacial score (nSPS) is 10.9. The second-order valence-corrected chi connectivity index (χ2v) is 5.75. The molecule has 0 aliphatic rings. The maximum absolute atomic E-state index is 12.2. The Bertz CT molecular complexity index is 1050. The molecular weight excluding hydrogens is 314 g/mol. The molecule has 4 rings (SSSR count). The van der Waals surface area contributed by atoms with Crippen LogP contribution >= 0.6 is 0 Å². The minimum Gasteiger partial charge on any atom is -0.361 e. The monoisotopic (exact) mass is 331 g/mol. The van der Waals surface area contributed by atoms with Crippen LogP contribution < -0.4 is 10.9 Å². The van der Waals surface area contributed by atoms with Crippen LogP contribution in [0.3, 0.4) is 0 Å². The number of benzene rings is 2. The van der Waals surface area contributed by atoms with Crippen molar-refractivity contribution < 1.29 is 0 Å². The van der Waals surface area contributed by atoms with Gasteiger partial charge in [0.2, 0.25) is 5.95 Å². The van der Waals surface area contributed by atoms with Gasteiger partial charge in [-0.05, 0) is 18.1 Å². The molecule has 0 saturated heterocycles. The van der Waals surface area contributed by atoms with Gasteiger partial charge in [0.05, 0.1) is 0 Å². The van der Waals surface area contributed by atoms with E-state index in [-0.39, 0.29) is 5.56 Å². The lowest BCUT2D eigenvalue weighted by Crippen LogP contribution is -2.18. The van der Waals surface area contributed by atoms with E-state index in [0.29, 0.717) is 18.2 Å². The third-order valence-corrected chi connectivity index (χ3v) is 4.11. The van der Waals surface area contributed by atoms with Crippen LogP contribution in [0.15, 0.2) is 65.6 Å². The van der Waals surface area contributed by atoms with Gasteiger partial charge >= 0.3 is 0 Å². The molecule has 2 heterocycles. The molecule has 0 bridgehead atoms. The van der Waals surface area contributed by atoms with Crippen LogP contribution in [-0.2, 0) is 6.42 Å². The van der Waals surface area contributed by atoms with Crippen molar-refractivity contribution in [2.45, 2.75) is 6.42 Å². The van der Waals surface area contributed by atoms with E-state index in [4.69, 9.17) is 0 Å². The van der Waals surface area contributed by atoms with E-state index in [1.54, 1.807) is 0 Å². The van der Waals surface area contributed by atoms with Crippen molar-refractivity contribution in [2.24, 2.45) is 0 Å². The average Bonchev–Trinajstić information content (AvgIpc) is 3.06. The Hall–Kier alpha value is -3.41. The minimum atomic E-state index is -0.254. The molecule has 0 unspecified atom stereocenters. The molecule has 6 heteroatoms. The van der Waals surface area contributed by atoms with Crippen LogP contribution in [0.4, 0.5) is 5.95 Å². The largest absolute Gasteiger partial charge is 0.361 e. The van der Waals surface area contributed by atoms with Crippen LogP contribution in [0.5, 0.6) is 0 Å². The zero-order chi connectivity index (χ0) is 17.1. The summed E-state index contributed by atoms with van der Waals surface area (Å²) in [4.78, 5) is 18.2. The predicted molar refractivity (Wildman–Crippen MR) is 98.6 cm³/mol. The first-order chi connectivity index (χ1) is 12.3. The van der Waals surface area contributed by atoms with E-state index in [2.05, 4.69) is 37.6 Å². The highest BCUT2D eigenvalue weighted by Crippen LogP contribution is 2.18. The molecule has 0 saturated carbocycles. The first kappa shape index (κ1) is 15.1. The maximum atomic E-state index is 12.2. The lowest BCUT2D eigenvalue weighted by molar-refractivity contribution is 0.917. The minimum absolute atomic E-state index is 0.254. The number of aromatic nitrogens is 4. The molecule has 2 aromatic heterocycles. The highest BCUT2D eigenvalue weighted by molar-refractivity contribution is 5.83. The number of H-pyrrole nitrogens is 2. The molecular formula is C19H17N5O. The Kier molecular flexibility index (Phi) is 4.00. The molecule has 0 aliphatic carbocycles. The molecule has 0 fully saturated rings. The number of aromatic amines is 2. The highest BCUT2D eigenvalue weighted by atomic mass is 16.1. The highest BCUT2D eigenvalue weighted by Gasteiger charge is 2.07. The van der Waals surface area contributed by atoms with E-state index in [1.165, 1.54) is 10.9 Å². The van der Waals surface area contributed by atoms with E-state index in [9.17, 15) is 4.79 Å². The molecule has 2 aromatic carbocycles. The maximum Gasteiger partial charge on any atom is 0.279 e. The molecule has 0 spiro atoms. The fraction of sp³-hybridized carbons (Fsp3) is 0.105. The number of para-hydroxylation sites is 1. The van der Waals surface area contributed by atoms with Crippen LogP contribution in [-0.4, -0.2) is 26.7 Å². The number of fused-ring (bicyclic) bond motifs is 1. The van der Waals surface area contributed by atoms with Gasteiger partial charge < -0.3 is 10.3 Å². The lowest BCUT2D eigenvalue weighted by Gasteiger charge is -2.05. The Morgan fingerprint density at radius 1 is 0.960 bits per heavy atom. The molecule has 124 valence electrons. The van der Waals surface area contributed by atoms with E-state index < -0.39 is 0 Å². The summed E-state index contributed by atoms with van der Waals surface area (Å²) in [6.07, 6.45) is 2.83. The fourth-order valence-electron chi connectivity index (χ4n) is 2.86. The second kappa shape index (κ2) is 6.60. The van der Waals surface area contributed by atoms with Crippen molar-refractivity contribution in [2.75, 3.05) is 11.9 Å². The first-order valence-electron chi connectivity index (χ1n) is 8.12. The van der Waals surface area contributed by atoms with Gasteiger partial charge in [-0.15, -0.1) is 10.2 Å². The number of nitrogens with zero attached hydrogens (tertiary/aromatic N) is 2. The van der Waals surface area contributed by atoms with E-state index >= 15 is 0 Å². The standard InChI is InChI=1S/C19H17N5O/c25-18-17(13-6-2-1-3-7-13)23-24-19(22-18)20-11-10-14-12-21-16-9-5-4-8-15(14)16/h1-9,12,21H,10-11H2,(H2,20,22,24,25). The molecule has 0 amide bonds. The summed E-state index contributed by atoms with van der Waals surface area (Å²) in [6, 6.07) is 17.5. The first-order valence-corrected chi connectivity index (χ1v) is 8.12. The summed E-state index contributed by atoms with van der Waals surface area (Å²) in [6.45, 7) is 0.650. The fourth-order valence-corrected chi connectivity index (χ4v) is 2.86. The van der Waals surface area contributed by atoms with Crippen LogP contribution in [0, 0.1) is 0 Å². The summed E-state index contributed by atoms with van der Waals surface area (Å²) in [5.41, 5.74) is 3.16. The summed E-state index contributed by atoms with van der Waals surface area (Å²) in [5.74, 6) is 0.379. The van der Waals surface area contributed by atoms with Gasteiger partial charge in [0.25, 0.3) is 5.56 Å². The van der Waals surface area contributed by atoms with Gasteiger partial charge in [0.1, 0.15) is 0 Å². The van der Waals surface area contributed by atoms with Crippen molar-refractivity contribution in [1.82, 2.24) is 20.2 Å². The van der Waals surface area contributed by atoms with Gasteiger partial charge in [-0.2, -0.15) is 0 Å². The predicted octanol–water partition coefficient (Wildman–Crippen LogP) is 2.97. The number of nitrogens with one attached hydrogen (secondary N) is 3. The van der Waals surface area contributed by atoms with E-state index in [1.807, 2.05) is 48.7 Å². The molecule has 6 nitrogen and oxygen atoms in total. The van der Waals surface area contributed by atoms with Crippen molar-refractivity contribution in [3.8, 4) is 11.3 Å². The van der Waals surface area contributed by atoms with E-state index in [0.717, 1.165) is 17.5 Å². The van der Waals surface area contributed by atoms with Crippen molar-refractivity contribution >= 4 is 16.9 Å². The number of rotatable bonds is 5. The molecule has 4 aromatic rings. The van der Waals surface area contributed by atoms with Crippen molar-refractivity contribution in [1.29, 1.82) is 0 Å². The van der Waals surface area contributed by atoms with Crippen LogP contribution in [0.1, 0.15) is 5.56 Å². The van der Waals surface area contributed by atoms with Crippen LogP contribution in [0.2, 0.25) is 0 Å². The van der Waals surface area contributed by atoms with Crippen LogP contribution in [0.25, 0.3) is 22.2 Å². The van der Waals surface area contributed by atoms with Gasteiger partial charge in [0.15, 0.2) is 5.69 Å². The third kappa shape index (κ3) is 3.14. The van der Waals surface area contributed by atoms with Crippen molar-refractivity contribution in [3.63, 3.8) is 0 Å². The third-order valence-electron chi connectivity index (χ3n) is 4.11. The summed E-state index contributed by atoms with van der Waals surface area (Å²) in [5, 5.41) is 12.5. The molecule has 0 radical (unpaired) electrons. The Morgan fingerprint density at radius 3 is 2.60 bits per heavy atom. The molecule has 25 heavy (non-hydrogen) atoms. The molecule has 0 atom stereocenters. The van der Waals surface area contributed by atoms with Gasteiger partial charge in [-0.25, -0.2) is 0 Å². The Labute approximate surface area is 144 Å². The second-order valence-electron chi connectivity index (χ2n) is 5.75. The average molecular weight is 331 g/mol. The molecule has 0 aliphatic heterocycles. The number of anilines is 1. The lowest BCUT2D eigenvalue weighted by atomic mass is 10.1. The zero-order valence-electron chi connectivity index (χ0n) is 13.5. The van der Waals surface area contributed by atoms with Gasteiger partial charge in [-0.1, -0.05) is 48.5 Å². The smallest absolute Gasteiger partial charge is 0.279 e. The SMILES string of the molecule is O=c1[nH]c(NCCc2c[nH]c3ccccc23)nnc1-c1ccccc1. The zero-order valence-corrected chi connectivity index (χ0v) is 13.5. The quantitative estimate of drug-likeness (QED) is 0.525. The Balaban J connectivity index is 1.45. The van der Waals surface area contributed by atoms with Gasteiger partial charge in [0, 0.05) is 29.2 Å². The van der Waals surface area contributed by atoms with Crippen molar-refractivity contribution in [3.05, 3.63) is 76.7 Å². The Morgan fingerprint density at radius 2 is 1.76 bits per heavy atom. The van der Waals surface area contributed by atoms with Gasteiger partial charge in [-0.3, -0.25) is 9.78 Å². The summed E-state index contributed by atoms with van der Waals surface area (Å²) >= 11 is 0.